The molecule has 1 atom stereocenters. The number of fused-ring (bicyclic) bond motifs is 1. The lowest BCUT2D eigenvalue weighted by Gasteiger charge is -2.18. The molecule has 1 aromatic heterocycles. The molecule has 0 fully saturated rings. The molecular weight excluding hydrogens is 422 g/mol. The monoisotopic (exact) mass is 447 g/mol. The van der Waals surface area contributed by atoms with E-state index in [0.29, 0.717) is 6.54 Å². The van der Waals surface area contributed by atoms with Crippen LogP contribution in [-0.2, 0) is 14.8 Å². The highest BCUT2D eigenvalue weighted by molar-refractivity contribution is 7.89. The van der Waals surface area contributed by atoms with Crippen molar-refractivity contribution in [3.63, 3.8) is 0 Å². The lowest BCUT2D eigenvalue weighted by atomic mass is 9.91. The molecule has 0 aliphatic heterocycles. The van der Waals surface area contributed by atoms with Gasteiger partial charge in [-0.2, -0.15) is 0 Å². The van der Waals surface area contributed by atoms with Crippen LogP contribution in [0.3, 0.4) is 0 Å². The molecule has 0 radical (unpaired) electrons. The smallest absolute Gasteiger partial charge is 0.241 e. The molecule has 0 spiro atoms. The number of rotatable bonds is 8. The van der Waals surface area contributed by atoms with Crippen molar-refractivity contribution in [3.8, 4) is 0 Å². The third-order valence-electron chi connectivity index (χ3n) is 5.46. The molecule has 1 unspecified atom stereocenters. The van der Waals surface area contributed by atoms with Gasteiger partial charge in [-0.25, -0.2) is 13.1 Å². The normalized spacial score (nSPS) is 12.5. The fourth-order valence-corrected chi connectivity index (χ4v) is 4.70. The molecule has 0 saturated heterocycles. The zero-order chi connectivity index (χ0) is 22.6. The number of hydrogen-bond donors (Lipinski definition) is 3. The number of nitrogens with one attached hydrogen (secondary N) is 3. The van der Waals surface area contributed by atoms with Crippen molar-refractivity contribution in [2.75, 3.05) is 13.1 Å². The number of hydrogen-bond acceptors (Lipinski definition) is 3. The van der Waals surface area contributed by atoms with E-state index in [9.17, 15) is 13.2 Å². The molecule has 0 saturated carbocycles. The van der Waals surface area contributed by atoms with Crippen molar-refractivity contribution in [1.82, 2.24) is 15.0 Å². The van der Waals surface area contributed by atoms with Gasteiger partial charge >= 0.3 is 0 Å². The maximum atomic E-state index is 12.5. The van der Waals surface area contributed by atoms with E-state index >= 15 is 0 Å². The molecule has 7 heteroatoms. The lowest BCUT2D eigenvalue weighted by Crippen LogP contribution is -2.38. The van der Waals surface area contributed by atoms with Crippen LogP contribution in [0.2, 0.25) is 0 Å². The Hall–Kier alpha value is -3.42. The molecule has 32 heavy (non-hydrogen) atoms. The Bertz CT molecular complexity index is 1310. The van der Waals surface area contributed by atoms with Crippen LogP contribution in [0.25, 0.3) is 10.9 Å². The average molecular weight is 448 g/mol. The fourth-order valence-electron chi connectivity index (χ4n) is 3.71. The summed E-state index contributed by atoms with van der Waals surface area (Å²) >= 11 is 0. The van der Waals surface area contributed by atoms with Gasteiger partial charge in [0.15, 0.2) is 0 Å². The number of amides is 1. The van der Waals surface area contributed by atoms with Crippen LogP contribution >= 0.6 is 0 Å². The van der Waals surface area contributed by atoms with Crippen molar-refractivity contribution < 1.29 is 13.2 Å². The number of carbonyl (C=O) groups excluding carboxylic acids is 1. The number of para-hydroxylation sites is 1. The van der Waals surface area contributed by atoms with Gasteiger partial charge in [-0.05, 0) is 36.2 Å². The molecule has 4 aromatic rings. The zero-order valence-corrected chi connectivity index (χ0v) is 18.5. The highest BCUT2D eigenvalue weighted by atomic mass is 32.2. The van der Waals surface area contributed by atoms with Crippen molar-refractivity contribution >= 4 is 26.8 Å². The molecule has 6 nitrogen and oxygen atoms in total. The van der Waals surface area contributed by atoms with E-state index in [1.54, 1.807) is 12.1 Å². The molecule has 3 aromatic carbocycles. The topological polar surface area (TPSA) is 91.1 Å². The first-order valence-corrected chi connectivity index (χ1v) is 11.9. The van der Waals surface area contributed by atoms with Gasteiger partial charge in [0.1, 0.15) is 0 Å². The first-order chi connectivity index (χ1) is 15.4. The lowest BCUT2D eigenvalue weighted by molar-refractivity contribution is -0.119. The van der Waals surface area contributed by atoms with Crippen molar-refractivity contribution in [1.29, 1.82) is 0 Å². The Morgan fingerprint density at radius 1 is 0.938 bits per heavy atom. The van der Waals surface area contributed by atoms with Gasteiger partial charge in [0.05, 0.1) is 11.4 Å². The molecule has 164 valence electrons. The van der Waals surface area contributed by atoms with Crippen LogP contribution < -0.4 is 10.0 Å². The molecule has 1 amide bonds. The second-order valence-corrected chi connectivity index (χ2v) is 9.46. The molecular formula is C25H25N3O3S. The van der Waals surface area contributed by atoms with E-state index in [0.717, 1.165) is 27.6 Å². The maximum Gasteiger partial charge on any atom is 0.241 e. The van der Waals surface area contributed by atoms with Crippen molar-refractivity contribution in [2.45, 2.75) is 17.7 Å². The van der Waals surface area contributed by atoms with E-state index in [2.05, 4.69) is 21.1 Å². The number of H-pyrrole nitrogens is 1. The highest BCUT2D eigenvalue weighted by Gasteiger charge is 2.20. The molecule has 4 rings (SSSR count). The number of aromatic amines is 1. The van der Waals surface area contributed by atoms with Crippen LogP contribution in [0.5, 0.6) is 0 Å². The zero-order valence-electron chi connectivity index (χ0n) is 17.7. The molecule has 0 aliphatic rings. The minimum Gasteiger partial charge on any atom is -0.361 e. The number of aryl methyl sites for hydroxylation is 1. The average Bonchev–Trinajstić information content (AvgIpc) is 3.23. The van der Waals surface area contributed by atoms with E-state index < -0.39 is 10.0 Å². The summed E-state index contributed by atoms with van der Waals surface area (Å²) in [4.78, 5) is 15.9. The molecule has 0 bridgehead atoms. The highest BCUT2D eigenvalue weighted by Crippen LogP contribution is 2.30. The van der Waals surface area contributed by atoms with Gasteiger partial charge in [0.25, 0.3) is 0 Å². The summed E-state index contributed by atoms with van der Waals surface area (Å²) in [5.41, 5.74) is 4.14. The summed E-state index contributed by atoms with van der Waals surface area (Å²) in [6, 6.07) is 24.5. The summed E-state index contributed by atoms with van der Waals surface area (Å²) < 4.78 is 27.3. The first-order valence-electron chi connectivity index (χ1n) is 10.4. The van der Waals surface area contributed by atoms with E-state index in [-0.39, 0.29) is 23.3 Å². The van der Waals surface area contributed by atoms with Gasteiger partial charge in [0, 0.05) is 29.6 Å². The predicted octanol–water partition coefficient (Wildman–Crippen LogP) is 3.70. The number of sulfonamides is 1. The minimum atomic E-state index is -3.75. The van der Waals surface area contributed by atoms with Gasteiger partial charge < -0.3 is 10.3 Å². The summed E-state index contributed by atoms with van der Waals surface area (Å²) in [5.74, 6) is -0.466. The molecule has 1 heterocycles. The second-order valence-electron chi connectivity index (χ2n) is 7.69. The molecule has 0 aliphatic carbocycles. The molecule has 3 N–H and O–H groups in total. The summed E-state index contributed by atoms with van der Waals surface area (Å²) in [6.45, 7) is 1.90. The van der Waals surface area contributed by atoms with Gasteiger partial charge in [0.2, 0.25) is 15.9 Å². The van der Waals surface area contributed by atoms with Crippen LogP contribution in [0.4, 0.5) is 0 Å². The third-order valence-corrected chi connectivity index (χ3v) is 6.87. The number of benzene rings is 3. The van der Waals surface area contributed by atoms with Crippen LogP contribution in [-0.4, -0.2) is 32.4 Å². The summed E-state index contributed by atoms with van der Waals surface area (Å²) in [7, 11) is -3.75. The van der Waals surface area contributed by atoms with Crippen LogP contribution in [0, 0.1) is 6.92 Å². The fraction of sp³-hybridized carbons (Fsp3) is 0.160. The quantitative estimate of drug-likeness (QED) is 0.385. The number of aromatic nitrogens is 1. The Kier molecular flexibility index (Phi) is 6.39. The van der Waals surface area contributed by atoms with Crippen molar-refractivity contribution in [2.24, 2.45) is 0 Å². The Balaban J connectivity index is 1.46. The summed E-state index contributed by atoms with van der Waals surface area (Å²) in [5, 5.41) is 3.98. The minimum absolute atomic E-state index is 0.0787. The SMILES string of the molecule is Cc1ccc(S(=O)(=O)NCC(=O)NCC(c2ccccc2)c2c[nH]c3ccccc23)cc1. The van der Waals surface area contributed by atoms with Gasteiger partial charge in [-0.3, -0.25) is 4.79 Å². The Labute approximate surface area is 187 Å². The van der Waals surface area contributed by atoms with Crippen LogP contribution in [0.15, 0.2) is 90.0 Å². The van der Waals surface area contributed by atoms with Gasteiger partial charge in [-0.1, -0.05) is 66.2 Å². The van der Waals surface area contributed by atoms with Gasteiger partial charge in [-0.15, -0.1) is 0 Å². The number of carbonyl (C=O) groups is 1. The first kappa shape index (κ1) is 21.8. The van der Waals surface area contributed by atoms with E-state index in [1.165, 1.54) is 12.1 Å². The summed E-state index contributed by atoms with van der Waals surface area (Å²) in [6.07, 6.45) is 1.97. The largest absolute Gasteiger partial charge is 0.361 e. The van der Waals surface area contributed by atoms with E-state index in [1.807, 2.05) is 61.7 Å². The van der Waals surface area contributed by atoms with Crippen LogP contribution in [0.1, 0.15) is 22.6 Å². The van der Waals surface area contributed by atoms with E-state index in [4.69, 9.17) is 0 Å². The second kappa shape index (κ2) is 9.38. The standard InChI is InChI=1S/C25H25N3O3S/c1-18-11-13-20(14-12-18)32(30,31)28-17-25(29)27-15-22(19-7-3-2-4-8-19)23-16-26-24-10-6-5-9-21(23)24/h2-14,16,22,26,28H,15,17H2,1H3,(H,27,29). The maximum absolute atomic E-state index is 12.5. The Morgan fingerprint density at radius 2 is 1.62 bits per heavy atom. The Morgan fingerprint density at radius 3 is 2.38 bits per heavy atom. The predicted molar refractivity (Wildman–Crippen MR) is 126 cm³/mol. The third kappa shape index (κ3) is 4.90. The van der Waals surface area contributed by atoms with Crippen molar-refractivity contribution in [3.05, 3.63) is 102 Å².